The summed E-state index contributed by atoms with van der Waals surface area (Å²) in [4.78, 5) is 10.1. The molecule has 2 aromatic carbocycles. The van der Waals surface area contributed by atoms with Crippen molar-refractivity contribution in [2.24, 2.45) is 0 Å². The van der Waals surface area contributed by atoms with Gasteiger partial charge in [-0.05, 0) is 23.8 Å². The van der Waals surface area contributed by atoms with Gasteiger partial charge in [-0.25, -0.2) is 8.42 Å². The molecular weight excluding hydrogens is 340 g/mol. The third kappa shape index (κ3) is 3.87. The SMILES string of the molecule is CCN(Cc1ccccc1Cl)S(=O)(=O)c1ccc([N+](=O)[O-])cc1. The summed E-state index contributed by atoms with van der Waals surface area (Å²) < 4.78 is 26.6. The molecule has 2 aromatic rings. The highest BCUT2D eigenvalue weighted by Crippen LogP contribution is 2.23. The Hall–Kier alpha value is -1.96. The largest absolute Gasteiger partial charge is 0.269 e. The second-order valence-corrected chi connectivity index (χ2v) is 7.12. The molecule has 0 N–H and O–H groups in total. The highest BCUT2D eigenvalue weighted by atomic mass is 35.5. The Morgan fingerprint density at radius 3 is 2.26 bits per heavy atom. The number of non-ortho nitro benzene ring substituents is 1. The fourth-order valence-corrected chi connectivity index (χ4v) is 3.69. The van der Waals surface area contributed by atoms with E-state index in [-0.39, 0.29) is 23.7 Å². The summed E-state index contributed by atoms with van der Waals surface area (Å²) in [6.45, 7) is 2.11. The third-order valence-electron chi connectivity index (χ3n) is 3.34. The highest BCUT2D eigenvalue weighted by molar-refractivity contribution is 7.89. The Morgan fingerprint density at radius 1 is 1.13 bits per heavy atom. The molecule has 0 aliphatic heterocycles. The summed E-state index contributed by atoms with van der Waals surface area (Å²) in [5.74, 6) is 0. The average molecular weight is 355 g/mol. The molecule has 0 fully saturated rings. The number of nitro benzene ring substituents is 1. The molecule has 23 heavy (non-hydrogen) atoms. The summed E-state index contributed by atoms with van der Waals surface area (Å²) in [5, 5.41) is 11.2. The van der Waals surface area contributed by atoms with Crippen LogP contribution < -0.4 is 0 Å². The van der Waals surface area contributed by atoms with Gasteiger partial charge < -0.3 is 0 Å². The molecule has 0 aliphatic carbocycles. The number of sulfonamides is 1. The number of nitrogens with zero attached hydrogens (tertiary/aromatic N) is 2. The van der Waals surface area contributed by atoms with E-state index in [0.29, 0.717) is 10.6 Å². The topological polar surface area (TPSA) is 80.5 Å². The highest BCUT2D eigenvalue weighted by Gasteiger charge is 2.24. The zero-order chi connectivity index (χ0) is 17.0. The monoisotopic (exact) mass is 354 g/mol. The van der Waals surface area contributed by atoms with E-state index in [1.165, 1.54) is 28.6 Å². The van der Waals surface area contributed by atoms with Crippen LogP contribution in [0.4, 0.5) is 5.69 Å². The lowest BCUT2D eigenvalue weighted by atomic mass is 10.2. The summed E-state index contributed by atoms with van der Waals surface area (Å²) in [6, 6.07) is 11.8. The zero-order valence-electron chi connectivity index (χ0n) is 12.3. The standard InChI is InChI=1S/C15H15ClN2O4S/c1-2-17(11-12-5-3-4-6-15(12)16)23(21,22)14-9-7-13(8-10-14)18(19)20/h3-10H,2,11H2,1H3. The smallest absolute Gasteiger partial charge is 0.258 e. The van der Waals surface area contributed by atoms with E-state index in [1.54, 1.807) is 31.2 Å². The van der Waals surface area contributed by atoms with Crippen molar-refractivity contribution in [3.8, 4) is 0 Å². The van der Waals surface area contributed by atoms with Crippen LogP contribution in [0.3, 0.4) is 0 Å². The normalized spacial score (nSPS) is 11.6. The predicted octanol–water partition coefficient (Wildman–Crippen LogP) is 3.46. The van der Waals surface area contributed by atoms with Gasteiger partial charge in [-0.2, -0.15) is 4.31 Å². The van der Waals surface area contributed by atoms with Crippen LogP contribution in [-0.2, 0) is 16.6 Å². The summed E-state index contributed by atoms with van der Waals surface area (Å²) >= 11 is 6.08. The molecule has 0 unspecified atom stereocenters. The first-order valence-corrected chi connectivity index (χ1v) is 8.66. The maximum Gasteiger partial charge on any atom is 0.269 e. The van der Waals surface area contributed by atoms with E-state index in [4.69, 9.17) is 11.6 Å². The van der Waals surface area contributed by atoms with Crippen molar-refractivity contribution in [3.63, 3.8) is 0 Å². The first-order chi connectivity index (χ1) is 10.9. The molecular formula is C15H15ClN2O4S. The molecule has 2 rings (SSSR count). The van der Waals surface area contributed by atoms with Crippen LogP contribution in [0, 0.1) is 10.1 Å². The van der Waals surface area contributed by atoms with Crippen molar-refractivity contribution in [3.05, 3.63) is 69.2 Å². The molecule has 0 saturated carbocycles. The maximum absolute atomic E-state index is 12.7. The molecule has 0 amide bonds. The molecule has 6 nitrogen and oxygen atoms in total. The van der Waals surface area contributed by atoms with Crippen molar-refractivity contribution >= 4 is 27.3 Å². The molecule has 0 atom stereocenters. The van der Waals surface area contributed by atoms with Crippen LogP contribution in [0.25, 0.3) is 0 Å². The van der Waals surface area contributed by atoms with Gasteiger partial charge in [0.25, 0.3) is 5.69 Å². The fraction of sp³-hybridized carbons (Fsp3) is 0.200. The summed E-state index contributed by atoms with van der Waals surface area (Å²) in [6.07, 6.45) is 0. The first kappa shape index (κ1) is 17.4. The van der Waals surface area contributed by atoms with Gasteiger partial charge in [0.2, 0.25) is 10.0 Å². The molecule has 0 heterocycles. The lowest BCUT2D eigenvalue weighted by molar-refractivity contribution is -0.384. The molecule has 0 radical (unpaired) electrons. The molecule has 122 valence electrons. The average Bonchev–Trinajstić information content (AvgIpc) is 2.54. The van der Waals surface area contributed by atoms with E-state index >= 15 is 0 Å². The molecule has 0 spiro atoms. The van der Waals surface area contributed by atoms with Gasteiger partial charge >= 0.3 is 0 Å². The quantitative estimate of drug-likeness (QED) is 0.587. The predicted molar refractivity (Wildman–Crippen MR) is 87.8 cm³/mol. The maximum atomic E-state index is 12.7. The van der Waals surface area contributed by atoms with E-state index in [2.05, 4.69) is 0 Å². The van der Waals surface area contributed by atoms with Gasteiger partial charge in [0.05, 0.1) is 9.82 Å². The van der Waals surface area contributed by atoms with Crippen molar-refractivity contribution in [1.82, 2.24) is 4.31 Å². The van der Waals surface area contributed by atoms with Gasteiger partial charge in [0, 0.05) is 30.2 Å². The lowest BCUT2D eigenvalue weighted by Crippen LogP contribution is -2.30. The lowest BCUT2D eigenvalue weighted by Gasteiger charge is -2.21. The zero-order valence-corrected chi connectivity index (χ0v) is 13.9. The second kappa shape index (κ2) is 7.08. The molecule has 0 saturated heterocycles. The van der Waals surface area contributed by atoms with Gasteiger partial charge in [-0.1, -0.05) is 36.7 Å². The minimum Gasteiger partial charge on any atom is -0.258 e. The van der Waals surface area contributed by atoms with Crippen LogP contribution in [0.1, 0.15) is 12.5 Å². The van der Waals surface area contributed by atoms with E-state index in [9.17, 15) is 18.5 Å². The number of rotatable bonds is 6. The van der Waals surface area contributed by atoms with Crippen LogP contribution in [0.2, 0.25) is 5.02 Å². The first-order valence-electron chi connectivity index (χ1n) is 6.84. The van der Waals surface area contributed by atoms with Crippen LogP contribution in [0.5, 0.6) is 0 Å². The van der Waals surface area contributed by atoms with E-state index < -0.39 is 14.9 Å². The minimum atomic E-state index is -3.76. The minimum absolute atomic E-state index is 0.0111. The van der Waals surface area contributed by atoms with Crippen molar-refractivity contribution in [1.29, 1.82) is 0 Å². The van der Waals surface area contributed by atoms with Gasteiger partial charge in [0.1, 0.15) is 0 Å². The van der Waals surface area contributed by atoms with Crippen molar-refractivity contribution in [2.45, 2.75) is 18.4 Å². The third-order valence-corrected chi connectivity index (χ3v) is 5.65. The van der Waals surface area contributed by atoms with Gasteiger partial charge in [-0.15, -0.1) is 0 Å². The van der Waals surface area contributed by atoms with Crippen LogP contribution >= 0.6 is 11.6 Å². The fourth-order valence-electron chi connectivity index (χ4n) is 2.07. The summed E-state index contributed by atoms with van der Waals surface area (Å²) in [7, 11) is -3.76. The Kier molecular flexibility index (Phi) is 5.35. The Balaban J connectivity index is 2.32. The van der Waals surface area contributed by atoms with Crippen molar-refractivity contribution < 1.29 is 13.3 Å². The van der Waals surface area contributed by atoms with E-state index in [1.807, 2.05) is 0 Å². The second-order valence-electron chi connectivity index (χ2n) is 4.77. The van der Waals surface area contributed by atoms with Crippen molar-refractivity contribution in [2.75, 3.05) is 6.54 Å². The number of nitro groups is 1. The van der Waals surface area contributed by atoms with Gasteiger partial charge in [0.15, 0.2) is 0 Å². The number of hydrogen-bond donors (Lipinski definition) is 0. The summed E-state index contributed by atoms with van der Waals surface area (Å²) in [5.41, 5.74) is 0.541. The molecule has 0 aromatic heterocycles. The molecule has 0 bridgehead atoms. The number of hydrogen-bond acceptors (Lipinski definition) is 4. The Morgan fingerprint density at radius 2 is 1.74 bits per heavy atom. The molecule has 0 aliphatic rings. The van der Waals surface area contributed by atoms with Crippen LogP contribution in [0.15, 0.2) is 53.4 Å². The Labute approximate surface area is 139 Å². The van der Waals surface area contributed by atoms with Crippen LogP contribution in [-0.4, -0.2) is 24.2 Å². The van der Waals surface area contributed by atoms with Gasteiger partial charge in [-0.3, -0.25) is 10.1 Å². The van der Waals surface area contributed by atoms with E-state index in [0.717, 1.165) is 0 Å². The Bertz CT molecular complexity index is 806. The number of halogens is 1. The molecule has 8 heteroatoms. The number of benzene rings is 2.